The van der Waals surface area contributed by atoms with Crippen LogP contribution in [-0.2, 0) is 0 Å². The third-order valence-corrected chi connectivity index (χ3v) is 4.58. The number of aliphatic imine (C=N–C) groups is 1. The third-order valence-electron chi connectivity index (χ3n) is 3.39. The number of rotatable bonds is 2. The zero-order valence-corrected chi connectivity index (χ0v) is 14.0. The molecule has 0 spiro atoms. The molecule has 0 saturated carbocycles. The van der Waals surface area contributed by atoms with Crippen LogP contribution in [0.1, 0.15) is 11.6 Å². The van der Waals surface area contributed by atoms with Gasteiger partial charge in [-0.3, -0.25) is 4.99 Å². The Balaban J connectivity index is 2.05. The van der Waals surface area contributed by atoms with Crippen molar-refractivity contribution in [2.75, 3.05) is 11.4 Å². The number of guanidine groups is 1. The number of nitrogens with two attached hydrogens (primary N) is 1. The van der Waals surface area contributed by atoms with Crippen LogP contribution in [0.4, 0.5) is 5.69 Å². The summed E-state index contributed by atoms with van der Waals surface area (Å²) in [6, 6.07) is 13.3. The maximum atomic E-state index is 6.12. The van der Waals surface area contributed by atoms with Gasteiger partial charge in [-0.05, 0) is 42.0 Å². The fraction of sp³-hybridized carbons (Fsp3) is 0.133. The fourth-order valence-corrected chi connectivity index (χ4v) is 3.32. The summed E-state index contributed by atoms with van der Waals surface area (Å²) in [5.74, 6) is 0.481. The van der Waals surface area contributed by atoms with Gasteiger partial charge in [-0.2, -0.15) is 0 Å². The second-order valence-corrected chi connectivity index (χ2v) is 6.46. The van der Waals surface area contributed by atoms with Gasteiger partial charge in [-0.25, -0.2) is 0 Å². The number of nitrogens with zero attached hydrogens (tertiary/aromatic N) is 2. The molecule has 0 saturated heterocycles. The molecule has 21 heavy (non-hydrogen) atoms. The zero-order chi connectivity index (χ0) is 15.0. The molecule has 0 aliphatic carbocycles. The number of benzene rings is 2. The van der Waals surface area contributed by atoms with Crippen LogP contribution in [0.2, 0.25) is 10.0 Å². The van der Waals surface area contributed by atoms with Crippen molar-refractivity contribution in [3.8, 4) is 0 Å². The van der Waals surface area contributed by atoms with Crippen LogP contribution in [0.15, 0.2) is 51.9 Å². The molecule has 1 unspecified atom stereocenters. The van der Waals surface area contributed by atoms with Crippen molar-refractivity contribution in [3.05, 3.63) is 62.5 Å². The van der Waals surface area contributed by atoms with Crippen LogP contribution in [0.3, 0.4) is 0 Å². The average molecular weight is 385 g/mol. The molecule has 1 aliphatic heterocycles. The minimum atomic E-state index is -0.00320. The first-order valence-corrected chi connectivity index (χ1v) is 7.91. The standard InChI is InChI=1S/C15H12BrCl2N3/c16-13-5-4-10(18)7-12(13)14-8-20-15(19)21(14)11-3-1-2-9(17)6-11/h1-7,14H,8H2,(H2,19,20). The van der Waals surface area contributed by atoms with Crippen molar-refractivity contribution in [1.29, 1.82) is 0 Å². The van der Waals surface area contributed by atoms with E-state index in [0.29, 0.717) is 22.5 Å². The van der Waals surface area contributed by atoms with Gasteiger partial charge in [0.1, 0.15) is 0 Å². The third kappa shape index (κ3) is 2.89. The molecule has 1 atom stereocenters. The maximum Gasteiger partial charge on any atom is 0.196 e. The molecule has 2 aromatic carbocycles. The highest BCUT2D eigenvalue weighted by molar-refractivity contribution is 9.10. The molecule has 0 amide bonds. The van der Waals surface area contributed by atoms with Crippen LogP contribution < -0.4 is 10.6 Å². The fourth-order valence-electron chi connectivity index (χ4n) is 2.44. The van der Waals surface area contributed by atoms with Gasteiger partial charge in [0.2, 0.25) is 0 Å². The summed E-state index contributed by atoms with van der Waals surface area (Å²) in [5, 5.41) is 1.35. The Bertz CT molecular complexity index is 718. The van der Waals surface area contributed by atoms with Gasteiger partial charge in [0.15, 0.2) is 5.96 Å². The Hall–Kier alpha value is -1.23. The summed E-state index contributed by atoms with van der Waals surface area (Å²) < 4.78 is 0.980. The molecule has 0 fully saturated rings. The predicted molar refractivity (Wildman–Crippen MR) is 92.3 cm³/mol. The summed E-state index contributed by atoms with van der Waals surface area (Å²) >= 11 is 15.8. The van der Waals surface area contributed by atoms with E-state index in [4.69, 9.17) is 28.9 Å². The van der Waals surface area contributed by atoms with E-state index in [1.54, 1.807) is 0 Å². The van der Waals surface area contributed by atoms with E-state index >= 15 is 0 Å². The number of anilines is 1. The Labute approximate surface area is 141 Å². The topological polar surface area (TPSA) is 41.6 Å². The van der Waals surface area contributed by atoms with E-state index in [0.717, 1.165) is 15.7 Å². The number of hydrogen-bond acceptors (Lipinski definition) is 3. The lowest BCUT2D eigenvalue weighted by Crippen LogP contribution is -2.36. The Morgan fingerprint density at radius 3 is 2.67 bits per heavy atom. The summed E-state index contributed by atoms with van der Waals surface area (Å²) in [4.78, 5) is 6.34. The quantitative estimate of drug-likeness (QED) is 0.819. The van der Waals surface area contributed by atoms with E-state index in [1.807, 2.05) is 47.4 Å². The normalized spacial score (nSPS) is 18.0. The molecule has 1 heterocycles. The van der Waals surface area contributed by atoms with Crippen LogP contribution in [-0.4, -0.2) is 12.5 Å². The molecule has 1 aliphatic rings. The van der Waals surface area contributed by atoms with E-state index < -0.39 is 0 Å². The first-order valence-electron chi connectivity index (χ1n) is 6.36. The van der Waals surface area contributed by atoms with Crippen LogP contribution in [0.25, 0.3) is 0 Å². The molecular formula is C15H12BrCl2N3. The molecule has 0 bridgehead atoms. The van der Waals surface area contributed by atoms with Crippen molar-refractivity contribution >= 4 is 50.8 Å². The second kappa shape index (κ2) is 5.87. The Kier molecular flexibility index (Phi) is 4.11. The zero-order valence-electron chi connectivity index (χ0n) is 10.9. The van der Waals surface area contributed by atoms with Crippen LogP contribution in [0.5, 0.6) is 0 Å². The Morgan fingerprint density at radius 1 is 1.14 bits per heavy atom. The van der Waals surface area contributed by atoms with Gasteiger partial charge >= 0.3 is 0 Å². The van der Waals surface area contributed by atoms with Crippen molar-refractivity contribution in [1.82, 2.24) is 0 Å². The molecule has 6 heteroatoms. The van der Waals surface area contributed by atoms with Gasteiger partial charge in [0.05, 0.1) is 12.6 Å². The maximum absolute atomic E-state index is 6.12. The lowest BCUT2D eigenvalue weighted by Gasteiger charge is -2.27. The van der Waals surface area contributed by atoms with Gasteiger partial charge in [-0.15, -0.1) is 0 Å². The lowest BCUT2D eigenvalue weighted by atomic mass is 10.1. The second-order valence-electron chi connectivity index (χ2n) is 4.73. The first-order chi connectivity index (χ1) is 10.1. The summed E-state index contributed by atoms with van der Waals surface area (Å²) in [6.45, 7) is 0.581. The molecule has 3 nitrogen and oxygen atoms in total. The highest BCUT2D eigenvalue weighted by Gasteiger charge is 2.30. The monoisotopic (exact) mass is 383 g/mol. The predicted octanol–water partition coefficient (Wildman–Crippen LogP) is 4.63. The highest BCUT2D eigenvalue weighted by atomic mass is 79.9. The molecule has 0 aromatic heterocycles. The summed E-state index contributed by atoms with van der Waals surface area (Å²) in [6.07, 6.45) is 0. The van der Waals surface area contributed by atoms with Crippen molar-refractivity contribution < 1.29 is 0 Å². The number of halogens is 3. The molecule has 2 N–H and O–H groups in total. The first kappa shape index (κ1) is 14.7. The average Bonchev–Trinajstić information content (AvgIpc) is 2.83. The van der Waals surface area contributed by atoms with Gasteiger partial charge in [-0.1, -0.05) is 45.2 Å². The SMILES string of the molecule is NC1=NCC(c2cc(Cl)ccc2Br)N1c1cccc(Cl)c1. The minimum absolute atomic E-state index is 0.00320. The van der Waals surface area contributed by atoms with Gasteiger partial charge in [0.25, 0.3) is 0 Å². The van der Waals surface area contributed by atoms with Crippen molar-refractivity contribution in [2.24, 2.45) is 10.7 Å². The summed E-state index contributed by atoms with van der Waals surface area (Å²) in [5.41, 5.74) is 8.02. The molecule has 3 rings (SSSR count). The largest absolute Gasteiger partial charge is 0.369 e. The molecule has 2 aromatic rings. The molecule has 0 radical (unpaired) electrons. The molecule has 108 valence electrons. The van der Waals surface area contributed by atoms with Gasteiger partial charge < -0.3 is 10.6 Å². The number of hydrogen-bond donors (Lipinski definition) is 1. The van der Waals surface area contributed by atoms with E-state index in [2.05, 4.69) is 20.9 Å². The van der Waals surface area contributed by atoms with Crippen LogP contribution in [0, 0.1) is 0 Å². The highest BCUT2D eigenvalue weighted by Crippen LogP contribution is 2.36. The van der Waals surface area contributed by atoms with Gasteiger partial charge in [0, 0.05) is 20.2 Å². The Morgan fingerprint density at radius 2 is 1.90 bits per heavy atom. The van der Waals surface area contributed by atoms with Crippen molar-refractivity contribution in [3.63, 3.8) is 0 Å². The van der Waals surface area contributed by atoms with E-state index in [9.17, 15) is 0 Å². The van der Waals surface area contributed by atoms with E-state index in [-0.39, 0.29) is 6.04 Å². The lowest BCUT2D eigenvalue weighted by molar-refractivity contribution is 0.765. The minimum Gasteiger partial charge on any atom is -0.369 e. The molecular weight excluding hydrogens is 373 g/mol. The van der Waals surface area contributed by atoms with E-state index in [1.165, 1.54) is 0 Å². The van der Waals surface area contributed by atoms with Crippen molar-refractivity contribution in [2.45, 2.75) is 6.04 Å². The smallest absolute Gasteiger partial charge is 0.196 e. The van der Waals surface area contributed by atoms with Crippen LogP contribution >= 0.6 is 39.1 Å². The summed E-state index contributed by atoms with van der Waals surface area (Å²) in [7, 11) is 0.